The van der Waals surface area contributed by atoms with Gasteiger partial charge >= 0.3 is 5.97 Å². The number of halogens is 1. The number of methoxy groups -OCH3 is 1. The summed E-state index contributed by atoms with van der Waals surface area (Å²) in [4.78, 5) is 11.6. The van der Waals surface area contributed by atoms with Crippen LogP contribution < -0.4 is 5.73 Å². The van der Waals surface area contributed by atoms with Crippen LogP contribution in [0.1, 0.15) is 22.8 Å². The van der Waals surface area contributed by atoms with Gasteiger partial charge in [-0.15, -0.1) is 12.4 Å². The van der Waals surface area contributed by atoms with E-state index in [0.29, 0.717) is 5.56 Å². The first kappa shape index (κ1) is 19.9. The van der Waals surface area contributed by atoms with Crippen LogP contribution in [0.15, 0.2) is 23.1 Å². The molecular formula is C13H21ClN2O4S. The Morgan fingerprint density at radius 3 is 2.48 bits per heavy atom. The average molecular weight is 337 g/mol. The largest absolute Gasteiger partial charge is 0.465 e. The van der Waals surface area contributed by atoms with Crippen molar-refractivity contribution in [2.75, 3.05) is 20.7 Å². The first-order valence-corrected chi connectivity index (χ1v) is 7.56. The van der Waals surface area contributed by atoms with Gasteiger partial charge in [0, 0.05) is 19.6 Å². The van der Waals surface area contributed by atoms with E-state index in [1.165, 1.54) is 30.6 Å². The summed E-state index contributed by atoms with van der Waals surface area (Å²) in [6.45, 7) is 3.61. The van der Waals surface area contributed by atoms with Crippen molar-refractivity contribution < 1.29 is 17.9 Å². The van der Waals surface area contributed by atoms with Crippen LogP contribution in [0.2, 0.25) is 0 Å². The summed E-state index contributed by atoms with van der Waals surface area (Å²) in [7, 11) is -0.981. The molecule has 0 aliphatic carbocycles. The zero-order valence-corrected chi connectivity index (χ0v) is 14.1. The summed E-state index contributed by atoms with van der Waals surface area (Å²) in [5.74, 6) is -0.573. The molecule has 0 aromatic heterocycles. The van der Waals surface area contributed by atoms with Crippen LogP contribution in [0.4, 0.5) is 0 Å². The summed E-state index contributed by atoms with van der Waals surface area (Å²) in [5.41, 5.74) is 6.27. The first-order chi connectivity index (χ1) is 9.25. The van der Waals surface area contributed by atoms with E-state index in [-0.39, 0.29) is 35.5 Å². The lowest BCUT2D eigenvalue weighted by Crippen LogP contribution is -2.39. The summed E-state index contributed by atoms with van der Waals surface area (Å²) in [6, 6.07) is 4.12. The van der Waals surface area contributed by atoms with Crippen molar-refractivity contribution in [2.45, 2.75) is 24.8 Å². The highest BCUT2D eigenvalue weighted by Crippen LogP contribution is 2.22. The van der Waals surface area contributed by atoms with E-state index < -0.39 is 16.0 Å². The highest BCUT2D eigenvalue weighted by Gasteiger charge is 2.27. The van der Waals surface area contributed by atoms with Gasteiger partial charge in [-0.2, -0.15) is 4.31 Å². The van der Waals surface area contributed by atoms with Gasteiger partial charge in [0.1, 0.15) is 0 Å². The Hall–Kier alpha value is -1.15. The lowest BCUT2D eigenvalue weighted by atomic mass is 10.1. The third kappa shape index (κ3) is 4.16. The maximum atomic E-state index is 12.5. The number of hydrogen-bond donors (Lipinski definition) is 1. The highest BCUT2D eigenvalue weighted by molar-refractivity contribution is 7.89. The Labute approximate surface area is 131 Å². The molecule has 0 saturated carbocycles. The van der Waals surface area contributed by atoms with E-state index in [1.807, 2.05) is 0 Å². The number of esters is 1. The predicted molar refractivity (Wildman–Crippen MR) is 83.2 cm³/mol. The smallest absolute Gasteiger partial charge is 0.337 e. The van der Waals surface area contributed by atoms with Crippen LogP contribution in [0.3, 0.4) is 0 Å². The normalized spacial score (nSPS) is 12.7. The van der Waals surface area contributed by atoms with Gasteiger partial charge in [-0.25, -0.2) is 13.2 Å². The molecule has 8 heteroatoms. The fraction of sp³-hybridized carbons (Fsp3) is 0.462. The Bertz CT molecular complexity index is 604. The van der Waals surface area contributed by atoms with Gasteiger partial charge in [0.2, 0.25) is 10.0 Å². The molecule has 0 bridgehead atoms. The van der Waals surface area contributed by atoms with Crippen LogP contribution in [-0.2, 0) is 14.8 Å². The van der Waals surface area contributed by atoms with Crippen molar-refractivity contribution in [3.63, 3.8) is 0 Å². The first-order valence-electron chi connectivity index (χ1n) is 6.12. The minimum atomic E-state index is -3.70. The molecule has 0 heterocycles. The summed E-state index contributed by atoms with van der Waals surface area (Å²) < 4.78 is 30.9. The summed E-state index contributed by atoms with van der Waals surface area (Å²) in [6.07, 6.45) is 0. The maximum absolute atomic E-state index is 12.5. The van der Waals surface area contributed by atoms with Crippen molar-refractivity contribution >= 4 is 28.4 Å². The quantitative estimate of drug-likeness (QED) is 0.815. The van der Waals surface area contributed by atoms with E-state index in [0.717, 1.165) is 0 Å². The molecule has 1 aromatic carbocycles. The Morgan fingerprint density at radius 2 is 2.00 bits per heavy atom. The molecule has 21 heavy (non-hydrogen) atoms. The predicted octanol–water partition coefficient (Wildman–Crippen LogP) is 1.17. The van der Waals surface area contributed by atoms with Gasteiger partial charge in [-0.3, -0.25) is 0 Å². The van der Waals surface area contributed by atoms with Gasteiger partial charge in [0.15, 0.2) is 0 Å². The number of nitrogens with two attached hydrogens (primary N) is 1. The zero-order valence-electron chi connectivity index (χ0n) is 12.5. The third-order valence-electron chi connectivity index (χ3n) is 3.23. The molecule has 0 saturated heterocycles. The second-order valence-electron chi connectivity index (χ2n) is 4.58. The molecule has 120 valence electrons. The fourth-order valence-electron chi connectivity index (χ4n) is 1.66. The van der Waals surface area contributed by atoms with Crippen molar-refractivity contribution in [3.05, 3.63) is 29.3 Å². The lowest BCUT2D eigenvalue weighted by molar-refractivity contribution is 0.0600. The molecule has 0 aliphatic rings. The summed E-state index contributed by atoms with van der Waals surface area (Å²) >= 11 is 0. The number of hydrogen-bond acceptors (Lipinski definition) is 5. The molecule has 1 unspecified atom stereocenters. The number of nitrogens with zero attached hydrogens (tertiary/aromatic N) is 1. The minimum absolute atomic E-state index is 0. The van der Waals surface area contributed by atoms with E-state index >= 15 is 0 Å². The van der Waals surface area contributed by atoms with Crippen LogP contribution >= 0.6 is 12.4 Å². The molecule has 1 atom stereocenters. The molecule has 0 amide bonds. The second-order valence-corrected chi connectivity index (χ2v) is 6.54. The standard InChI is InChI=1S/C13H20N2O4S.ClH/c1-9-5-6-11(13(16)19-4)7-12(9)20(17,18)15(3)10(2)8-14;/h5-7,10H,8,14H2,1-4H3;1H. The van der Waals surface area contributed by atoms with Crippen LogP contribution in [0.25, 0.3) is 0 Å². The van der Waals surface area contributed by atoms with Gasteiger partial charge < -0.3 is 10.5 Å². The molecule has 6 nitrogen and oxygen atoms in total. The Kier molecular flexibility index (Phi) is 7.32. The van der Waals surface area contributed by atoms with Gasteiger partial charge in [0.05, 0.1) is 17.6 Å². The SMILES string of the molecule is COC(=O)c1ccc(C)c(S(=O)(=O)N(C)C(C)CN)c1.Cl. The van der Waals surface area contributed by atoms with Gasteiger partial charge in [0.25, 0.3) is 0 Å². The van der Waals surface area contributed by atoms with Crippen LogP contribution in [-0.4, -0.2) is 45.4 Å². The molecule has 0 aliphatic heterocycles. The number of likely N-dealkylation sites (N-methyl/N-ethyl adjacent to an activating group) is 1. The van der Waals surface area contributed by atoms with Gasteiger partial charge in [-0.1, -0.05) is 6.07 Å². The van der Waals surface area contributed by atoms with E-state index in [9.17, 15) is 13.2 Å². The molecule has 0 spiro atoms. The van der Waals surface area contributed by atoms with E-state index in [4.69, 9.17) is 5.73 Å². The zero-order chi connectivity index (χ0) is 15.5. The van der Waals surface area contributed by atoms with Gasteiger partial charge in [-0.05, 0) is 31.5 Å². The fourth-order valence-corrected chi connectivity index (χ4v) is 3.28. The number of carbonyl (C=O) groups is 1. The van der Waals surface area contributed by atoms with E-state index in [1.54, 1.807) is 19.9 Å². The van der Waals surface area contributed by atoms with Crippen molar-refractivity contribution in [2.24, 2.45) is 5.73 Å². The summed E-state index contributed by atoms with van der Waals surface area (Å²) in [5, 5.41) is 0. The Balaban J connectivity index is 0.00000400. The highest BCUT2D eigenvalue weighted by atomic mass is 35.5. The van der Waals surface area contributed by atoms with Crippen LogP contribution in [0.5, 0.6) is 0 Å². The monoisotopic (exact) mass is 336 g/mol. The van der Waals surface area contributed by atoms with Crippen molar-refractivity contribution in [3.8, 4) is 0 Å². The number of ether oxygens (including phenoxy) is 1. The number of sulfonamides is 1. The lowest BCUT2D eigenvalue weighted by Gasteiger charge is -2.24. The number of carbonyl (C=O) groups excluding carboxylic acids is 1. The topological polar surface area (TPSA) is 89.7 Å². The number of aryl methyl sites for hydroxylation is 1. The maximum Gasteiger partial charge on any atom is 0.337 e. The third-order valence-corrected chi connectivity index (χ3v) is 5.34. The number of rotatable bonds is 5. The van der Waals surface area contributed by atoms with E-state index in [2.05, 4.69) is 4.74 Å². The molecule has 1 aromatic rings. The van der Waals surface area contributed by atoms with Crippen molar-refractivity contribution in [1.29, 1.82) is 0 Å². The molecule has 0 radical (unpaired) electrons. The number of benzene rings is 1. The van der Waals surface area contributed by atoms with Crippen molar-refractivity contribution in [1.82, 2.24) is 4.31 Å². The minimum Gasteiger partial charge on any atom is -0.465 e. The molecular weight excluding hydrogens is 316 g/mol. The molecule has 0 fully saturated rings. The Morgan fingerprint density at radius 1 is 1.43 bits per heavy atom. The van der Waals surface area contributed by atoms with Crippen LogP contribution in [0, 0.1) is 6.92 Å². The molecule has 2 N–H and O–H groups in total. The average Bonchev–Trinajstić information content (AvgIpc) is 2.44. The second kappa shape index (κ2) is 7.74. The molecule has 1 rings (SSSR count).